The molecule has 2 rings (SSSR count). The zero-order valence-corrected chi connectivity index (χ0v) is 10.9. The summed E-state index contributed by atoms with van der Waals surface area (Å²) in [6, 6.07) is 10.5. The summed E-state index contributed by atoms with van der Waals surface area (Å²) < 4.78 is 0. The van der Waals surface area contributed by atoms with Crippen LogP contribution in [0.5, 0.6) is 0 Å². The highest BCUT2D eigenvalue weighted by Gasteiger charge is 2.07. The molecule has 2 amide bonds. The van der Waals surface area contributed by atoms with E-state index < -0.39 is 0 Å². The summed E-state index contributed by atoms with van der Waals surface area (Å²) in [6.07, 6.45) is 0. The van der Waals surface area contributed by atoms with Crippen LogP contribution in [0.15, 0.2) is 41.8 Å². The fraction of sp³-hybridized carbons (Fsp3) is 0.0769. The van der Waals surface area contributed by atoms with E-state index in [2.05, 4.69) is 10.6 Å². The molecular weight excluding hydrogens is 262 g/mol. The molecule has 0 saturated carbocycles. The van der Waals surface area contributed by atoms with Gasteiger partial charge in [0, 0.05) is 11.4 Å². The second kappa shape index (κ2) is 6.12. The predicted octanol–water partition coefficient (Wildman–Crippen LogP) is 1.90. The van der Waals surface area contributed by atoms with E-state index in [-0.39, 0.29) is 18.4 Å². The van der Waals surface area contributed by atoms with Gasteiger partial charge in [0.05, 0.1) is 11.4 Å². The van der Waals surface area contributed by atoms with E-state index in [0.717, 1.165) is 0 Å². The highest BCUT2D eigenvalue weighted by Crippen LogP contribution is 2.17. The number of amides is 2. The average molecular weight is 275 g/mol. The number of hydrogen-bond acceptors (Lipinski definition) is 4. The van der Waals surface area contributed by atoms with Crippen LogP contribution in [-0.4, -0.2) is 18.4 Å². The van der Waals surface area contributed by atoms with Gasteiger partial charge in [0.15, 0.2) is 0 Å². The summed E-state index contributed by atoms with van der Waals surface area (Å²) in [5, 5.41) is 7.23. The van der Waals surface area contributed by atoms with Crippen LogP contribution in [0.2, 0.25) is 0 Å². The molecule has 6 heteroatoms. The van der Waals surface area contributed by atoms with Crippen LogP contribution in [-0.2, 0) is 4.79 Å². The Morgan fingerprint density at radius 3 is 2.47 bits per heavy atom. The molecule has 0 aliphatic heterocycles. The number of benzene rings is 1. The number of carbonyl (C=O) groups is 2. The molecule has 0 radical (unpaired) electrons. The van der Waals surface area contributed by atoms with Crippen LogP contribution < -0.4 is 16.4 Å². The molecule has 0 saturated heterocycles. The van der Waals surface area contributed by atoms with Gasteiger partial charge in [-0.05, 0) is 29.6 Å². The fourth-order valence-corrected chi connectivity index (χ4v) is 2.11. The van der Waals surface area contributed by atoms with E-state index in [9.17, 15) is 9.59 Å². The highest BCUT2D eigenvalue weighted by molar-refractivity contribution is 7.12. The number of anilines is 2. The molecule has 1 heterocycles. The van der Waals surface area contributed by atoms with Crippen molar-refractivity contribution in [2.45, 2.75) is 0 Å². The molecule has 1 aromatic carbocycles. The third-order valence-electron chi connectivity index (χ3n) is 2.33. The van der Waals surface area contributed by atoms with Gasteiger partial charge < -0.3 is 16.4 Å². The van der Waals surface area contributed by atoms with Gasteiger partial charge in [0.2, 0.25) is 5.91 Å². The first-order valence-electron chi connectivity index (χ1n) is 5.64. The number of rotatable bonds is 4. The molecule has 0 aliphatic carbocycles. The van der Waals surface area contributed by atoms with E-state index in [1.165, 1.54) is 11.3 Å². The van der Waals surface area contributed by atoms with Crippen molar-refractivity contribution in [3.63, 3.8) is 0 Å². The Kier molecular flexibility index (Phi) is 4.27. The molecule has 1 aromatic heterocycles. The van der Waals surface area contributed by atoms with Crippen molar-refractivity contribution in [2.24, 2.45) is 5.73 Å². The summed E-state index contributed by atoms with van der Waals surface area (Å²) in [4.78, 5) is 23.7. The quantitative estimate of drug-likeness (QED) is 0.796. The Morgan fingerprint density at radius 1 is 1.11 bits per heavy atom. The number of hydrogen-bond donors (Lipinski definition) is 3. The summed E-state index contributed by atoms with van der Waals surface area (Å²) in [5.41, 5.74) is 6.44. The Bertz CT molecular complexity index is 581. The molecule has 0 fully saturated rings. The SMILES string of the molecule is NCC(=O)Nc1cccc(NC(=O)c2cccs2)c1. The number of nitrogens with one attached hydrogen (secondary N) is 2. The summed E-state index contributed by atoms with van der Waals surface area (Å²) >= 11 is 1.37. The molecular formula is C13H13N3O2S. The lowest BCUT2D eigenvalue weighted by molar-refractivity contribution is -0.114. The largest absolute Gasteiger partial charge is 0.325 e. The summed E-state index contributed by atoms with van der Waals surface area (Å²) in [7, 11) is 0. The van der Waals surface area contributed by atoms with Gasteiger partial charge in [0.1, 0.15) is 0 Å². The molecule has 2 aromatic rings. The van der Waals surface area contributed by atoms with Gasteiger partial charge in [0.25, 0.3) is 5.91 Å². The van der Waals surface area contributed by atoms with Gasteiger partial charge in [-0.25, -0.2) is 0 Å². The zero-order valence-electron chi connectivity index (χ0n) is 10.1. The van der Waals surface area contributed by atoms with Gasteiger partial charge >= 0.3 is 0 Å². The second-order valence-electron chi connectivity index (χ2n) is 3.76. The molecule has 5 nitrogen and oxygen atoms in total. The maximum atomic E-state index is 11.9. The Balaban J connectivity index is 2.07. The van der Waals surface area contributed by atoms with Gasteiger partial charge in [-0.3, -0.25) is 9.59 Å². The van der Waals surface area contributed by atoms with Crippen LogP contribution in [0.4, 0.5) is 11.4 Å². The zero-order chi connectivity index (χ0) is 13.7. The average Bonchev–Trinajstić information content (AvgIpc) is 2.93. The smallest absolute Gasteiger partial charge is 0.265 e. The van der Waals surface area contributed by atoms with Crippen molar-refractivity contribution >= 4 is 34.5 Å². The summed E-state index contributed by atoms with van der Waals surface area (Å²) in [6.45, 7) is -0.0776. The first kappa shape index (κ1) is 13.3. The highest BCUT2D eigenvalue weighted by atomic mass is 32.1. The lowest BCUT2D eigenvalue weighted by Crippen LogP contribution is -2.21. The first-order valence-corrected chi connectivity index (χ1v) is 6.52. The van der Waals surface area contributed by atoms with E-state index in [1.54, 1.807) is 30.3 Å². The van der Waals surface area contributed by atoms with Gasteiger partial charge in [-0.1, -0.05) is 12.1 Å². The van der Waals surface area contributed by atoms with Crippen LogP contribution in [0.3, 0.4) is 0 Å². The topological polar surface area (TPSA) is 84.2 Å². The van der Waals surface area contributed by atoms with E-state index in [0.29, 0.717) is 16.3 Å². The molecule has 0 bridgehead atoms. The second-order valence-corrected chi connectivity index (χ2v) is 4.71. The minimum Gasteiger partial charge on any atom is -0.325 e. The maximum Gasteiger partial charge on any atom is 0.265 e. The van der Waals surface area contributed by atoms with Crippen molar-refractivity contribution in [3.05, 3.63) is 46.7 Å². The number of carbonyl (C=O) groups excluding carboxylic acids is 2. The van der Waals surface area contributed by atoms with Crippen molar-refractivity contribution in [3.8, 4) is 0 Å². The Labute approximate surface area is 114 Å². The molecule has 0 atom stereocenters. The minimum atomic E-state index is -0.276. The van der Waals surface area contributed by atoms with Gasteiger partial charge in [-0.15, -0.1) is 11.3 Å². The van der Waals surface area contributed by atoms with Crippen molar-refractivity contribution < 1.29 is 9.59 Å². The first-order chi connectivity index (χ1) is 9.19. The van der Waals surface area contributed by atoms with Gasteiger partial charge in [-0.2, -0.15) is 0 Å². The molecule has 4 N–H and O–H groups in total. The lowest BCUT2D eigenvalue weighted by atomic mass is 10.2. The molecule has 0 aliphatic rings. The molecule has 0 unspecified atom stereocenters. The van der Waals surface area contributed by atoms with E-state index in [4.69, 9.17) is 5.73 Å². The summed E-state index contributed by atoms with van der Waals surface area (Å²) in [5.74, 6) is -0.445. The Morgan fingerprint density at radius 2 is 1.84 bits per heavy atom. The third-order valence-corrected chi connectivity index (χ3v) is 3.20. The van der Waals surface area contributed by atoms with Crippen molar-refractivity contribution in [2.75, 3.05) is 17.2 Å². The van der Waals surface area contributed by atoms with E-state index >= 15 is 0 Å². The lowest BCUT2D eigenvalue weighted by Gasteiger charge is -2.07. The Hall–Kier alpha value is -2.18. The fourth-order valence-electron chi connectivity index (χ4n) is 1.49. The molecule has 19 heavy (non-hydrogen) atoms. The van der Waals surface area contributed by atoms with E-state index in [1.807, 2.05) is 11.4 Å². The molecule has 98 valence electrons. The van der Waals surface area contributed by atoms with Crippen LogP contribution in [0.1, 0.15) is 9.67 Å². The van der Waals surface area contributed by atoms with Crippen LogP contribution in [0.25, 0.3) is 0 Å². The number of nitrogens with two attached hydrogens (primary N) is 1. The standard InChI is InChI=1S/C13H13N3O2S/c14-8-12(17)15-9-3-1-4-10(7-9)16-13(18)11-5-2-6-19-11/h1-7H,8,14H2,(H,15,17)(H,16,18). The van der Waals surface area contributed by atoms with Crippen molar-refractivity contribution in [1.82, 2.24) is 0 Å². The number of thiophene rings is 1. The minimum absolute atomic E-state index is 0.0776. The monoisotopic (exact) mass is 275 g/mol. The van der Waals surface area contributed by atoms with Crippen molar-refractivity contribution in [1.29, 1.82) is 0 Å². The van der Waals surface area contributed by atoms with Crippen LogP contribution in [0, 0.1) is 0 Å². The third kappa shape index (κ3) is 3.64. The van der Waals surface area contributed by atoms with Crippen LogP contribution >= 0.6 is 11.3 Å². The normalized spacial score (nSPS) is 9.95. The maximum absolute atomic E-state index is 11.9. The molecule has 0 spiro atoms. The predicted molar refractivity (Wildman–Crippen MR) is 76.4 cm³/mol.